The Morgan fingerprint density at radius 2 is 2.27 bits per heavy atom. The van der Waals surface area contributed by atoms with Gasteiger partial charge in [0, 0.05) is 45.6 Å². The van der Waals surface area contributed by atoms with E-state index in [1.165, 1.54) is 5.56 Å². The minimum atomic E-state index is 0.274. The van der Waals surface area contributed by atoms with Gasteiger partial charge in [-0.3, -0.25) is 9.58 Å². The summed E-state index contributed by atoms with van der Waals surface area (Å²) in [5, 5.41) is 4.29. The maximum absolute atomic E-state index is 6.09. The molecule has 0 N–H and O–H groups in total. The van der Waals surface area contributed by atoms with E-state index in [4.69, 9.17) is 14.2 Å². The molecule has 0 radical (unpaired) electrons. The van der Waals surface area contributed by atoms with Gasteiger partial charge in [-0.2, -0.15) is 5.10 Å². The molecule has 3 heterocycles. The summed E-state index contributed by atoms with van der Waals surface area (Å²) >= 11 is 0. The number of rotatable bonds is 7. The van der Waals surface area contributed by atoms with Crippen molar-refractivity contribution in [1.29, 1.82) is 0 Å². The first kappa shape index (κ1) is 15.9. The fourth-order valence-corrected chi connectivity index (χ4v) is 3.63. The monoisotopic (exact) mass is 309 g/mol. The third-order valence-electron chi connectivity index (χ3n) is 4.72. The van der Waals surface area contributed by atoms with Crippen molar-refractivity contribution in [3.05, 3.63) is 18.0 Å². The van der Waals surface area contributed by atoms with Crippen LogP contribution in [-0.2, 0) is 27.7 Å². The molecule has 124 valence electrons. The number of hydrogen-bond acceptors (Lipinski definition) is 5. The summed E-state index contributed by atoms with van der Waals surface area (Å²) in [6.07, 6.45) is 7.55. The lowest BCUT2D eigenvalue weighted by atomic mass is 10.0. The molecule has 0 saturated carbocycles. The van der Waals surface area contributed by atoms with Crippen LogP contribution in [0.15, 0.2) is 12.4 Å². The standard InChI is InChI=1S/C16H27N3O3/c1-18-11-13(10-17-18)9-15-16(22-8-7-20-2)3-5-19(15)14-4-6-21-12-14/h10-11,14-16H,3-9,12H2,1-2H3/t14?,15-,16-/m0/s1. The van der Waals surface area contributed by atoms with Crippen molar-refractivity contribution in [3.63, 3.8) is 0 Å². The van der Waals surface area contributed by atoms with E-state index in [0.29, 0.717) is 25.3 Å². The fourth-order valence-electron chi connectivity index (χ4n) is 3.63. The molecule has 1 aromatic heterocycles. The Bertz CT molecular complexity index is 459. The molecular weight excluding hydrogens is 282 g/mol. The normalized spacial score (nSPS) is 29.5. The first-order chi connectivity index (χ1) is 10.8. The molecule has 2 aliphatic heterocycles. The van der Waals surface area contributed by atoms with Crippen LogP contribution in [0.2, 0.25) is 0 Å². The van der Waals surface area contributed by atoms with Crippen LogP contribution in [0.4, 0.5) is 0 Å². The lowest BCUT2D eigenvalue weighted by molar-refractivity contribution is -0.00620. The third-order valence-corrected chi connectivity index (χ3v) is 4.72. The summed E-state index contributed by atoms with van der Waals surface area (Å²) in [6.45, 7) is 4.16. The zero-order valence-corrected chi connectivity index (χ0v) is 13.6. The smallest absolute Gasteiger partial charge is 0.0746 e. The van der Waals surface area contributed by atoms with Crippen molar-refractivity contribution in [2.45, 2.75) is 37.5 Å². The van der Waals surface area contributed by atoms with E-state index < -0.39 is 0 Å². The highest BCUT2D eigenvalue weighted by Crippen LogP contribution is 2.29. The van der Waals surface area contributed by atoms with Crippen LogP contribution in [-0.4, -0.2) is 73.0 Å². The van der Waals surface area contributed by atoms with Gasteiger partial charge in [0.2, 0.25) is 0 Å². The molecule has 0 bridgehead atoms. The average molecular weight is 309 g/mol. The molecule has 1 aromatic rings. The van der Waals surface area contributed by atoms with Crippen LogP contribution < -0.4 is 0 Å². The number of aromatic nitrogens is 2. The first-order valence-electron chi connectivity index (χ1n) is 8.19. The average Bonchev–Trinajstić information content (AvgIpc) is 3.22. The molecule has 6 nitrogen and oxygen atoms in total. The molecule has 2 aliphatic rings. The zero-order chi connectivity index (χ0) is 15.4. The van der Waals surface area contributed by atoms with Gasteiger partial charge >= 0.3 is 0 Å². The Balaban J connectivity index is 1.66. The molecule has 0 amide bonds. The number of ether oxygens (including phenoxy) is 3. The number of hydrogen-bond donors (Lipinski definition) is 0. The van der Waals surface area contributed by atoms with E-state index in [1.807, 2.05) is 17.9 Å². The minimum Gasteiger partial charge on any atom is -0.382 e. The van der Waals surface area contributed by atoms with Crippen molar-refractivity contribution in [2.24, 2.45) is 7.05 Å². The van der Waals surface area contributed by atoms with Crippen LogP contribution in [0.5, 0.6) is 0 Å². The summed E-state index contributed by atoms with van der Waals surface area (Å²) in [5.74, 6) is 0. The first-order valence-corrected chi connectivity index (χ1v) is 8.19. The zero-order valence-electron chi connectivity index (χ0n) is 13.6. The molecule has 0 spiro atoms. The quantitative estimate of drug-likeness (QED) is 0.699. The van der Waals surface area contributed by atoms with Crippen LogP contribution in [0.3, 0.4) is 0 Å². The predicted octanol–water partition coefficient (Wildman–Crippen LogP) is 0.857. The number of likely N-dealkylation sites (tertiary alicyclic amines) is 1. The van der Waals surface area contributed by atoms with Crippen LogP contribution in [0, 0.1) is 0 Å². The van der Waals surface area contributed by atoms with Crippen molar-refractivity contribution >= 4 is 0 Å². The van der Waals surface area contributed by atoms with Gasteiger partial charge in [0.05, 0.1) is 32.1 Å². The second kappa shape index (κ2) is 7.55. The van der Waals surface area contributed by atoms with E-state index in [2.05, 4.69) is 16.2 Å². The van der Waals surface area contributed by atoms with Crippen molar-refractivity contribution in [3.8, 4) is 0 Å². The lowest BCUT2D eigenvalue weighted by Gasteiger charge is -2.31. The Morgan fingerprint density at radius 3 is 2.95 bits per heavy atom. The van der Waals surface area contributed by atoms with Gasteiger partial charge in [-0.15, -0.1) is 0 Å². The Labute approximate surface area is 132 Å². The molecule has 2 fully saturated rings. The number of aryl methyl sites for hydroxylation is 1. The molecule has 2 saturated heterocycles. The highest BCUT2D eigenvalue weighted by atomic mass is 16.5. The highest BCUT2D eigenvalue weighted by Gasteiger charge is 2.39. The molecule has 3 atom stereocenters. The van der Waals surface area contributed by atoms with Gasteiger partial charge in [-0.25, -0.2) is 0 Å². The van der Waals surface area contributed by atoms with E-state index in [9.17, 15) is 0 Å². The van der Waals surface area contributed by atoms with Crippen LogP contribution in [0.25, 0.3) is 0 Å². The molecule has 6 heteroatoms. The maximum Gasteiger partial charge on any atom is 0.0746 e. The maximum atomic E-state index is 6.09. The molecule has 0 aliphatic carbocycles. The summed E-state index contributed by atoms with van der Waals surface area (Å²) < 4.78 is 18.7. The second-order valence-electron chi connectivity index (χ2n) is 6.24. The van der Waals surface area contributed by atoms with Gasteiger partial charge in [0.15, 0.2) is 0 Å². The molecule has 22 heavy (non-hydrogen) atoms. The fraction of sp³-hybridized carbons (Fsp3) is 0.812. The van der Waals surface area contributed by atoms with Crippen LogP contribution in [0.1, 0.15) is 18.4 Å². The van der Waals surface area contributed by atoms with Gasteiger partial charge in [-0.05, 0) is 24.8 Å². The molecule has 3 rings (SSSR count). The van der Waals surface area contributed by atoms with Crippen molar-refractivity contribution in [2.75, 3.05) is 40.1 Å². The summed E-state index contributed by atoms with van der Waals surface area (Å²) in [4.78, 5) is 2.59. The number of nitrogens with zero attached hydrogens (tertiary/aromatic N) is 3. The Kier molecular flexibility index (Phi) is 5.46. The largest absolute Gasteiger partial charge is 0.382 e. The Hall–Kier alpha value is -0.950. The van der Waals surface area contributed by atoms with E-state index in [1.54, 1.807) is 7.11 Å². The van der Waals surface area contributed by atoms with Gasteiger partial charge < -0.3 is 14.2 Å². The van der Waals surface area contributed by atoms with Crippen molar-refractivity contribution in [1.82, 2.24) is 14.7 Å². The third kappa shape index (κ3) is 3.68. The highest BCUT2D eigenvalue weighted by molar-refractivity contribution is 5.09. The Morgan fingerprint density at radius 1 is 1.36 bits per heavy atom. The van der Waals surface area contributed by atoms with Crippen molar-refractivity contribution < 1.29 is 14.2 Å². The number of methoxy groups -OCH3 is 1. The van der Waals surface area contributed by atoms with E-state index in [-0.39, 0.29) is 6.10 Å². The SMILES string of the molecule is COCCO[C@H]1CCN(C2CCOC2)[C@H]1Cc1cnn(C)c1. The summed E-state index contributed by atoms with van der Waals surface area (Å²) in [6, 6.07) is 0.949. The minimum absolute atomic E-state index is 0.274. The van der Waals surface area contributed by atoms with Gasteiger partial charge in [0.1, 0.15) is 0 Å². The summed E-state index contributed by atoms with van der Waals surface area (Å²) in [7, 11) is 3.68. The molecule has 0 aromatic carbocycles. The second-order valence-corrected chi connectivity index (χ2v) is 6.24. The predicted molar refractivity (Wildman–Crippen MR) is 82.9 cm³/mol. The topological polar surface area (TPSA) is 48.8 Å². The van der Waals surface area contributed by atoms with E-state index in [0.717, 1.165) is 39.0 Å². The van der Waals surface area contributed by atoms with E-state index >= 15 is 0 Å². The lowest BCUT2D eigenvalue weighted by Crippen LogP contribution is -2.44. The molecule has 1 unspecified atom stereocenters. The molecular formula is C16H27N3O3. The van der Waals surface area contributed by atoms with Gasteiger partial charge in [0.25, 0.3) is 0 Å². The van der Waals surface area contributed by atoms with Gasteiger partial charge in [-0.1, -0.05) is 0 Å². The van der Waals surface area contributed by atoms with Crippen LogP contribution >= 0.6 is 0 Å². The summed E-state index contributed by atoms with van der Waals surface area (Å²) in [5.41, 5.74) is 1.28.